The average Bonchev–Trinajstić information content (AvgIpc) is 2.11. The van der Waals surface area contributed by atoms with E-state index in [0.29, 0.717) is 0 Å². The van der Waals surface area contributed by atoms with Gasteiger partial charge in [-0.3, -0.25) is 14.2 Å². The Balaban J connectivity index is 3.88. The summed E-state index contributed by atoms with van der Waals surface area (Å²) in [4.78, 5) is 33.8. The summed E-state index contributed by atoms with van der Waals surface area (Å²) in [5, 5.41) is 0. The summed E-state index contributed by atoms with van der Waals surface area (Å²) in [6.45, 7) is 1.50. The van der Waals surface area contributed by atoms with E-state index in [1.54, 1.807) is 0 Å². The van der Waals surface area contributed by atoms with Crippen LogP contribution in [0, 0.1) is 6.92 Å². The van der Waals surface area contributed by atoms with E-state index in [0.717, 1.165) is 4.57 Å². The highest BCUT2D eigenvalue weighted by atomic mass is 16.2. The summed E-state index contributed by atoms with van der Waals surface area (Å²) in [5.41, 5.74) is 4.05. The molecule has 6 heteroatoms. The lowest BCUT2D eigenvalue weighted by Crippen LogP contribution is -2.42. The lowest BCUT2D eigenvalue weighted by molar-refractivity contribution is 0.0996. The summed E-state index contributed by atoms with van der Waals surface area (Å²) in [6, 6.07) is 0. The molecule has 0 aromatic carbocycles. The van der Waals surface area contributed by atoms with Crippen molar-refractivity contribution in [2.75, 3.05) is 0 Å². The van der Waals surface area contributed by atoms with Crippen LogP contribution in [0.25, 0.3) is 0 Å². The monoisotopic (exact) mass is 197 g/mol. The Kier molecular flexibility index (Phi) is 2.29. The van der Waals surface area contributed by atoms with E-state index in [1.807, 2.05) is 0 Å². The van der Waals surface area contributed by atoms with Gasteiger partial charge in [0.15, 0.2) is 0 Å². The van der Waals surface area contributed by atoms with Crippen molar-refractivity contribution in [1.29, 1.82) is 0 Å². The summed E-state index contributed by atoms with van der Waals surface area (Å²) in [7, 11) is 2.78. The summed E-state index contributed by atoms with van der Waals surface area (Å²) in [6.07, 6.45) is 0. The van der Waals surface area contributed by atoms with Crippen LogP contribution in [0.15, 0.2) is 9.59 Å². The fourth-order valence-electron chi connectivity index (χ4n) is 1.23. The quantitative estimate of drug-likeness (QED) is 0.593. The first-order valence-corrected chi connectivity index (χ1v) is 3.94. The molecule has 0 radical (unpaired) electrons. The Hall–Kier alpha value is -1.85. The molecule has 0 saturated carbocycles. The van der Waals surface area contributed by atoms with Crippen LogP contribution in [0.5, 0.6) is 0 Å². The number of rotatable bonds is 1. The molecule has 1 aromatic rings. The van der Waals surface area contributed by atoms with Crippen molar-refractivity contribution >= 4 is 5.91 Å². The Labute approximate surface area is 79.6 Å². The van der Waals surface area contributed by atoms with Gasteiger partial charge in [0.05, 0.1) is 0 Å². The molecule has 1 amide bonds. The Morgan fingerprint density at radius 1 is 1.21 bits per heavy atom. The van der Waals surface area contributed by atoms with Crippen molar-refractivity contribution < 1.29 is 4.79 Å². The molecule has 2 N–H and O–H groups in total. The van der Waals surface area contributed by atoms with Gasteiger partial charge in [-0.25, -0.2) is 4.79 Å². The highest BCUT2D eigenvalue weighted by Crippen LogP contribution is 1.96. The number of carbonyl (C=O) groups excluding carboxylic acids is 1. The van der Waals surface area contributed by atoms with E-state index in [-0.39, 0.29) is 11.3 Å². The highest BCUT2D eigenvalue weighted by molar-refractivity contribution is 5.93. The van der Waals surface area contributed by atoms with Gasteiger partial charge in [-0.1, -0.05) is 0 Å². The smallest absolute Gasteiger partial charge is 0.330 e. The number of hydrogen-bond acceptors (Lipinski definition) is 3. The number of aromatic nitrogens is 2. The minimum Gasteiger partial charge on any atom is -0.365 e. The van der Waals surface area contributed by atoms with Crippen molar-refractivity contribution in [1.82, 2.24) is 9.13 Å². The van der Waals surface area contributed by atoms with Crippen LogP contribution in [0.4, 0.5) is 0 Å². The van der Waals surface area contributed by atoms with Gasteiger partial charge in [0.25, 0.3) is 11.5 Å². The fraction of sp³-hybridized carbons (Fsp3) is 0.375. The molecule has 0 atom stereocenters. The van der Waals surface area contributed by atoms with Gasteiger partial charge in [0.1, 0.15) is 5.56 Å². The second-order valence-electron chi connectivity index (χ2n) is 3.03. The molecule has 1 rings (SSSR count). The molecule has 14 heavy (non-hydrogen) atoms. The zero-order valence-electron chi connectivity index (χ0n) is 8.20. The number of nitrogens with zero attached hydrogens (tertiary/aromatic N) is 2. The van der Waals surface area contributed by atoms with Crippen LogP contribution in [0.2, 0.25) is 0 Å². The maximum Gasteiger partial charge on any atom is 0.330 e. The predicted octanol–water partition coefficient (Wildman–Crippen LogP) is -1.51. The minimum atomic E-state index is -0.821. The van der Waals surface area contributed by atoms with E-state index in [4.69, 9.17) is 5.73 Å². The second kappa shape index (κ2) is 3.13. The molecular formula is C8H11N3O3. The average molecular weight is 197 g/mol. The molecule has 1 aromatic heterocycles. The normalized spacial score (nSPS) is 10.2. The van der Waals surface area contributed by atoms with Gasteiger partial charge in [-0.2, -0.15) is 0 Å². The summed E-state index contributed by atoms with van der Waals surface area (Å²) in [5.74, 6) is -0.821. The molecule has 0 spiro atoms. The number of hydrogen-bond donors (Lipinski definition) is 1. The zero-order valence-corrected chi connectivity index (χ0v) is 8.20. The fourth-order valence-corrected chi connectivity index (χ4v) is 1.23. The van der Waals surface area contributed by atoms with Gasteiger partial charge < -0.3 is 10.3 Å². The van der Waals surface area contributed by atoms with Crippen molar-refractivity contribution in [3.63, 3.8) is 0 Å². The second-order valence-corrected chi connectivity index (χ2v) is 3.03. The molecule has 0 aliphatic carbocycles. The third-order valence-corrected chi connectivity index (χ3v) is 2.20. The maximum absolute atomic E-state index is 11.5. The van der Waals surface area contributed by atoms with E-state index in [9.17, 15) is 14.4 Å². The van der Waals surface area contributed by atoms with Crippen molar-refractivity contribution in [2.24, 2.45) is 19.8 Å². The Bertz CT molecular complexity index is 510. The lowest BCUT2D eigenvalue weighted by atomic mass is 10.2. The van der Waals surface area contributed by atoms with E-state index in [2.05, 4.69) is 0 Å². The molecule has 0 saturated heterocycles. The molecule has 0 fully saturated rings. The standard InChI is InChI=1S/C8H11N3O3/c1-4-5(6(9)12)7(13)11(3)8(14)10(4)2/h1-3H3,(H2,9,12). The molecular weight excluding hydrogens is 186 g/mol. The van der Waals surface area contributed by atoms with Gasteiger partial charge in [0, 0.05) is 19.8 Å². The molecule has 0 aliphatic heterocycles. The largest absolute Gasteiger partial charge is 0.365 e. The number of amides is 1. The van der Waals surface area contributed by atoms with Crippen molar-refractivity contribution in [3.8, 4) is 0 Å². The maximum atomic E-state index is 11.5. The van der Waals surface area contributed by atoms with Crippen LogP contribution >= 0.6 is 0 Å². The molecule has 76 valence electrons. The zero-order chi connectivity index (χ0) is 11.0. The van der Waals surface area contributed by atoms with Crippen LogP contribution < -0.4 is 17.0 Å². The van der Waals surface area contributed by atoms with Crippen molar-refractivity contribution in [2.45, 2.75) is 6.92 Å². The van der Waals surface area contributed by atoms with E-state index < -0.39 is 17.2 Å². The van der Waals surface area contributed by atoms with Gasteiger partial charge in [0.2, 0.25) is 0 Å². The van der Waals surface area contributed by atoms with Crippen LogP contribution in [-0.4, -0.2) is 15.0 Å². The van der Waals surface area contributed by atoms with Crippen LogP contribution in [-0.2, 0) is 14.1 Å². The Morgan fingerprint density at radius 3 is 2.14 bits per heavy atom. The number of primary amides is 1. The van der Waals surface area contributed by atoms with Crippen LogP contribution in [0.1, 0.15) is 16.1 Å². The van der Waals surface area contributed by atoms with Gasteiger partial charge in [-0.15, -0.1) is 0 Å². The Morgan fingerprint density at radius 2 is 1.71 bits per heavy atom. The van der Waals surface area contributed by atoms with Gasteiger partial charge >= 0.3 is 5.69 Å². The third kappa shape index (κ3) is 1.24. The van der Waals surface area contributed by atoms with E-state index >= 15 is 0 Å². The van der Waals surface area contributed by atoms with Crippen LogP contribution in [0.3, 0.4) is 0 Å². The molecule has 0 unspecified atom stereocenters. The highest BCUT2D eigenvalue weighted by Gasteiger charge is 2.15. The first-order chi connectivity index (χ1) is 6.37. The summed E-state index contributed by atoms with van der Waals surface area (Å²) >= 11 is 0. The minimum absolute atomic E-state index is 0.144. The van der Waals surface area contributed by atoms with Crippen molar-refractivity contribution in [3.05, 3.63) is 32.1 Å². The predicted molar refractivity (Wildman–Crippen MR) is 50.2 cm³/mol. The first kappa shape index (κ1) is 10.2. The van der Waals surface area contributed by atoms with Gasteiger partial charge in [-0.05, 0) is 6.92 Å². The van der Waals surface area contributed by atoms with E-state index in [1.165, 1.54) is 25.6 Å². The third-order valence-electron chi connectivity index (χ3n) is 2.20. The summed E-state index contributed by atoms with van der Waals surface area (Å²) < 4.78 is 2.06. The first-order valence-electron chi connectivity index (χ1n) is 3.94. The number of carbonyl (C=O) groups is 1. The molecule has 6 nitrogen and oxygen atoms in total. The topological polar surface area (TPSA) is 87.1 Å². The molecule has 0 aliphatic rings. The number of nitrogens with two attached hydrogens (primary N) is 1. The lowest BCUT2D eigenvalue weighted by Gasteiger charge is -2.08. The molecule has 1 heterocycles. The molecule has 0 bridgehead atoms. The SMILES string of the molecule is Cc1c(C(N)=O)c(=O)n(C)c(=O)n1C.